The minimum absolute atomic E-state index is 0.263. The number of H-pyrrole nitrogens is 3. The van der Waals surface area contributed by atoms with Gasteiger partial charge in [-0.3, -0.25) is 10.2 Å². The van der Waals surface area contributed by atoms with Crippen molar-refractivity contribution in [3.63, 3.8) is 0 Å². The van der Waals surface area contributed by atoms with Gasteiger partial charge in [-0.2, -0.15) is 10.2 Å². The number of aromatic nitrogens is 7. The SMILES string of the molecule is Fc1ccc(-c2ccnc3[nH]c(-c4n[nH]c5ccc(-c6cn[nH]c6)nc45)cc23)cc1. The maximum Gasteiger partial charge on any atom is 0.138 e. The van der Waals surface area contributed by atoms with Gasteiger partial charge >= 0.3 is 0 Å². The van der Waals surface area contributed by atoms with Crippen LogP contribution in [-0.4, -0.2) is 35.3 Å². The van der Waals surface area contributed by atoms with E-state index in [0.29, 0.717) is 5.69 Å². The van der Waals surface area contributed by atoms with Gasteiger partial charge in [0.15, 0.2) is 0 Å². The molecule has 0 saturated heterocycles. The number of nitrogens with zero attached hydrogens (tertiary/aromatic N) is 4. The predicted octanol–water partition coefficient (Wildman–Crippen LogP) is 4.70. The predicted molar refractivity (Wildman–Crippen MR) is 112 cm³/mol. The molecule has 0 bridgehead atoms. The average Bonchev–Trinajstić information content (AvgIpc) is 3.52. The Morgan fingerprint density at radius 2 is 1.83 bits per heavy atom. The molecular formula is C22H14FN7. The zero-order valence-electron chi connectivity index (χ0n) is 15.5. The minimum Gasteiger partial charge on any atom is -0.338 e. The third kappa shape index (κ3) is 2.58. The molecule has 0 amide bonds. The van der Waals surface area contributed by atoms with Gasteiger partial charge in [0.2, 0.25) is 0 Å². The number of rotatable bonds is 3. The van der Waals surface area contributed by atoms with E-state index in [1.54, 1.807) is 30.7 Å². The lowest BCUT2D eigenvalue weighted by Gasteiger charge is -2.02. The molecular weight excluding hydrogens is 381 g/mol. The Bertz CT molecular complexity index is 1490. The zero-order valence-corrected chi connectivity index (χ0v) is 15.5. The van der Waals surface area contributed by atoms with Gasteiger partial charge in [0, 0.05) is 23.3 Å². The van der Waals surface area contributed by atoms with Crippen LogP contribution in [0.3, 0.4) is 0 Å². The van der Waals surface area contributed by atoms with Gasteiger partial charge in [-0.1, -0.05) is 12.1 Å². The molecule has 6 aromatic rings. The molecule has 3 N–H and O–H groups in total. The fourth-order valence-electron chi connectivity index (χ4n) is 3.67. The monoisotopic (exact) mass is 395 g/mol. The third-order valence-corrected chi connectivity index (χ3v) is 5.14. The smallest absolute Gasteiger partial charge is 0.138 e. The van der Waals surface area contributed by atoms with E-state index in [4.69, 9.17) is 4.98 Å². The van der Waals surface area contributed by atoms with E-state index in [1.807, 2.05) is 24.3 Å². The first-order chi connectivity index (χ1) is 14.8. The van der Waals surface area contributed by atoms with Crippen molar-refractivity contribution in [3.05, 3.63) is 72.9 Å². The van der Waals surface area contributed by atoms with Gasteiger partial charge in [0.25, 0.3) is 0 Å². The van der Waals surface area contributed by atoms with E-state index in [0.717, 1.165) is 50.1 Å². The number of nitrogens with one attached hydrogen (secondary N) is 3. The summed E-state index contributed by atoms with van der Waals surface area (Å²) in [6.07, 6.45) is 5.27. The number of pyridine rings is 2. The van der Waals surface area contributed by atoms with E-state index >= 15 is 0 Å². The lowest BCUT2D eigenvalue weighted by atomic mass is 10.0. The second kappa shape index (κ2) is 6.35. The molecule has 8 heteroatoms. The fraction of sp³-hybridized carbons (Fsp3) is 0. The highest BCUT2D eigenvalue weighted by molar-refractivity contribution is 5.99. The molecule has 6 rings (SSSR count). The highest BCUT2D eigenvalue weighted by Crippen LogP contribution is 2.33. The van der Waals surface area contributed by atoms with Crippen LogP contribution in [0.2, 0.25) is 0 Å². The number of fused-ring (bicyclic) bond motifs is 2. The highest BCUT2D eigenvalue weighted by atomic mass is 19.1. The molecule has 144 valence electrons. The van der Waals surface area contributed by atoms with Gasteiger partial charge in [-0.15, -0.1) is 0 Å². The summed E-state index contributed by atoms with van der Waals surface area (Å²) in [5.74, 6) is -0.263. The van der Waals surface area contributed by atoms with Crippen molar-refractivity contribution in [1.29, 1.82) is 0 Å². The Balaban J connectivity index is 1.52. The number of aromatic amines is 3. The molecule has 0 radical (unpaired) electrons. The van der Waals surface area contributed by atoms with Crippen LogP contribution in [0.5, 0.6) is 0 Å². The fourth-order valence-corrected chi connectivity index (χ4v) is 3.67. The molecule has 0 aliphatic heterocycles. The lowest BCUT2D eigenvalue weighted by molar-refractivity contribution is 0.628. The van der Waals surface area contributed by atoms with Gasteiger partial charge < -0.3 is 4.98 Å². The number of halogens is 1. The van der Waals surface area contributed by atoms with Crippen LogP contribution in [0.4, 0.5) is 4.39 Å². The van der Waals surface area contributed by atoms with Crippen molar-refractivity contribution in [2.75, 3.05) is 0 Å². The zero-order chi connectivity index (χ0) is 20.1. The van der Waals surface area contributed by atoms with Crippen molar-refractivity contribution in [2.45, 2.75) is 0 Å². The Kier molecular flexibility index (Phi) is 3.51. The Morgan fingerprint density at radius 3 is 2.67 bits per heavy atom. The minimum atomic E-state index is -0.263. The molecule has 0 unspecified atom stereocenters. The van der Waals surface area contributed by atoms with Gasteiger partial charge in [-0.25, -0.2) is 14.4 Å². The van der Waals surface area contributed by atoms with Crippen molar-refractivity contribution in [2.24, 2.45) is 0 Å². The standard InChI is InChI=1S/C22H14FN7/c23-14-3-1-12(2-4-14)15-7-8-24-22-16(15)9-19(28-22)21-20-18(29-30-21)6-5-17(27-20)13-10-25-26-11-13/h1-11H,(H,24,28)(H,25,26)(H,29,30). The molecule has 1 aromatic carbocycles. The summed E-state index contributed by atoms with van der Waals surface area (Å²) in [4.78, 5) is 12.6. The van der Waals surface area contributed by atoms with Crippen LogP contribution in [0.25, 0.3) is 55.8 Å². The van der Waals surface area contributed by atoms with Crippen LogP contribution in [0, 0.1) is 5.82 Å². The van der Waals surface area contributed by atoms with Crippen LogP contribution in [0.15, 0.2) is 67.1 Å². The highest BCUT2D eigenvalue weighted by Gasteiger charge is 2.16. The summed E-state index contributed by atoms with van der Waals surface area (Å²) >= 11 is 0. The summed E-state index contributed by atoms with van der Waals surface area (Å²) in [6, 6.07) is 14.2. The summed E-state index contributed by atoms with van der Waals surface area (Å²) in [6.45, 7) is 0. The van der Waals surface area contributed by atoms with Gasteiger partial charge in [-0.05, 0) is 47.5 Å². The second-order valence-electron chi connectivity index (χ2n) is 6.96. The molecule has 0 fully saturated rings. The number of hydrogen-bond donors (Lipinski definition) is 3. The Hall–Kier alpha value is -4.33. The largest absolute Gasteiger partial charge is 0.338 e. The van der Waals surface area contributed by atoms with Crippen molar-refractivity contribution in [3.8, 4) is 33.8 Å². The van der Waals surface area contributed by atoms with Crippen molar-refractivity contribution in [1.82, 2.24) is 35.3 Å². The molecule has 0 saturated carbocycles. The van der Waals surface area contributed by atoms with Crippen LogP contribution in [0.1, 0.15) is 0 Å². The first-order valence-corrected chi connectivity index (χ1v) is 9.34. The second-order valence-corrected chi connectivity index (χ2v) is 6.96. The summed E-state index contributed by atoms with van der Waals surface area (Å²) in [7, 11) is 0. The van der Waals surface area contributed by atoms with E-state index < -0.39 is 0 Å². The maximum absolute atomic E-state index is 13.3. The number of benzene rings is 1. The van der Waals surface area contributed by atoms with Crippen molar-refractivity contribution < 1.29 is 4.39 Å². The normalized spacial score (nSPS) is 11.5. The molecule has 5 heterocycles. The van der Waals surface area contributed by atoms with E-state index in [-0.39, 0.29) is 5.82 Å². The third-order valence-electron chi connectivity index (χ3n) is 5.14. The molecule has 7 nitrogen and oxygen atoms in total. The Labute approximate surface area is 169 Å². The maximum atomic E-state index is 13.3. The molecule has 0 aliphatic carbocycles. The first-order valence-electron chi connectivity index (χ1n) is 9.34. The van der Waals surface area contributed by atoms with E-state index in [2.05, 4.69) is 30.4 Å². The topological polar surface area (TPSA) is 98.9 Å². The molecule has 30 heavy (non-hydrogen) atoms. The molecule has 5 aromatic heterocycles. The van der Waals surface area contributed by atoms with E-state index in [9.17, 15) is 4.39 Å². The summed E-state index contributed by atoms with van der Waals surface area (Å²) in [5, 5.41) is 15.2. The Morgan fingerprint density at radius 1 is 0.933 bits per heavy atom. The van der Waals surface area contributed by atoms with Gasteiger partial charge in [0.05, 0.1) is 23.1 Å². The molecule has 0 spiro atoms. The number of hydrogen-bond acceptors (Lipinski definition) is 4. The van der Waals surface area contributed by atoms with Crippen LogP contribution in [-0.2, 0) is 0 Å². The summed E-state index contributed by atoms with van der Waals surface area (Å²) < 4.78 is 13.3. The molecule has 0 atom stereocenters. The van der Waals surface area contributed by atoms with Gasteiger partial charge in [0.1, 0.15) is 22.7 Å². The summed E-state index contributed by atoms with van der Waals surface area (Å²) in [5.41, 5.74) is 7.42. The lowest BCUT2D eigenvalue weighted by Crippen LogP contribution is -1.84. The van der Waals surface area contributed by atoms with Crippen LogP contribution >= 0.6 is 0 Å². The first kappa shape index (κ1) is 16.6. The average molecular weight is 395 g/mol. The van der Waals surface area contributed by atoms with Crippen LogP contribution < -0.4 is 0 Å². The molecule has 0 aliphatic rings. The van der Waals surface area contributed by atoms with E-state index in [1.165, 1.54) is 12.1 Å². The quantitative estimate of drug-likeness (QED) is 0.404. The van der Waals surface area contributed by atoms with Crippen molar-refractivity contribution >= 4 is 22.1 Å².